The zero-order chi connectivity index (χ0) is 11.4. The maximum Gasteiger partial charge on any atom is 0.518 e. The number of alkyl halides is 3. The average molecular weight is 233 g/mol. The number of sulfonamides is 1. The molecule has 0 aliphatic heterocycles. The van der Waals surface area contributed by atoms with Crippen molar-refractivity contribution in [3.63, 3.8) is 0 Å². The average Bonchev–Trinajstić information content (AvgIpc) is 1.97. The molecule has 0 aromatic heterocycles. The van der Waals surface area contributed by atoms with Gasteiger partial charge in [-0.2, -0.15) is 26.0 Å². The number of nitrogens with zero attached hydrogens (tertiary/aromatic N) is 1. The normalized spacial score (nSPS) is 14.4. The van der Waals surface area contributed by atoms with Gasteiger partial charge in [-0.25, -0.2) is 0 Å². The molecule has 0 rings (SSSR count). The van der Waals surface area contributed by atoms with Gasteiger partial charge in [-0.15, -0.1) is 0 Å². The third-order valence-electron chi connectivity index (χ3n) is 1.10. The van der Waals surface area contributed by atoms with E-state index in [2.05, 4.69) is 9.71 Å². The molecule has 0 saturated heterocycles. The molecular formula is C5H8F3N2O3S-. The van der Waals surface area contributed by atoms with E-state index in [0.29, 0.717) is 0 Å². The summed E-state index contributed by atoms with van der Waals surface area (Å²) >= 11 is 0. The molecule has 0 saturated carbocycles. The Morgan fingerprint density at radius 1 is 1.50 bits per heavy atom. The van der Waals surface area contributed by atoms with Crippen molar-refractivity contribution in [3.05, 3.63) is 0 Å². The summed E-state index contributed by atoms with van der Waals surface area (Å²) in [5, 5.41) is 13.0. The van der Waals surface area contributed by atoms with Gasteiger partial charge in [-0.1, -0.05) is 0 Å². The first kappa shape index (κ1) is 13.2. The maximum atomic E-state index is 11.7. The molecule has 0 radical (unpaired) electrons. The molecule has 0 aromatic rings. The highest BCUT2D eigenvalue weighted by Crippen LogP contribution is 2.24. The molecule has 0 heterocycles. The minimum Gasteiger partial charge on any atom is -0.861 e. The zero-order valence-corrected chi connectivity index (χ0v) is 7.94. The quantitative estimate of drug-likeness (QED) is 0.509. The van der Waals surface area contributed by atoms with Crippen molar-refractivity contribution in [1.29, 1.82) is 0 Å². The van der Waals surface area contributed by atoms with E-state index in [4.69, 9.17) is 0 Å². The van der Waals surface area contributed by atoms with Gasteiger partial charge < -0.3 is 10.4 Å². The Morgan fingerprint density at radius 3 is 2.36 bits per heavy atom. The van der Waals surface area contributed by atoms with Gasteiger partial charge in [0.25, 0.3) is 0 Å². The molecule has 0 spiro atoms. The molecular weight excluding hydrogens is 225 g/mol. The summed E-state index contributed by atoms with van der Waals surface area (Å²) in [6.45, 7) is 0.0652. The minimum atomic E-state index is -5.68. The van der Waals surface area contributed by atoms with Gasteiger partial charge in [0.2, 0.25) is 0 Å². The summed E-state index contributed by atoms with van der Waals surface area (Å²) in [6, 6.07) is 0. The fraction of sp³-hybridized carbons (Fsp3) is 0.800. The lowest BCUT2D eigenvalue weighted by Gasteiger charge is -2.10. The summed E-state index contributed by atoms with van der Waals surface area (Å²) in [7, 11) is -4.22. The number of hydrogen-bond donors (Lipinski definition) is 1. The lowest BCUT2D eigenvalue weighted by Crippen LogP contribution is -2.28. The summed E-state index contributed by atoms with van der Waals surface area (Å²) < 4.78 is 57.7. The molecule has 0 aromatic carbocycles. The van der Waals surface area contributed by atoms with Gasteiger partial charge in [0, 0.05) is 0 Å². The molecule has 5 nitrogen and oxygen atoms in total. The Kier molecular flexibility index (Phi) is 4.33. The van der Waals surface area contributed by atoms with Gasteiger partial charge in [0.05, 0.1) is 0 Å². The predicted octanol–water partition coefficient (Wildman–Crippen LogP) is -0.796. The molecule has 0 aliphatic rings. The van der Waals surface area contributed by atoms with E-state index < -0.39 is 27.9 Å². The van der Waals surface area contributed by atoms with Crippen LogP contribution in [-0.2, 0) is 10.0 Å². The fourth-order valence-corrected chi connectivity index (χ4v) is 0.926. The molecule has 1 N–H and O–H groups in total. The van der Waals surface area contributed by atoms with Crippen LogP contribution >= 0.6 is 0 Å². The molecule has 0 atom stereocenters. The molecule has 0 aliphatic carbocycles. The van der Waals surface area contributed by atoms with E-state index in [1.54, 1.807) is 0 Å². The second-order valence-corrected chi connectivity index (χ2v) is 3.86. The highest BCUT2D eigenvalue weighted by atomic mass is 32.2. The second kappa shape index (κ2) is 4.60. The lowest BCUT2D eigenvalue weighted by atomic mass is 10.4. The van der Waals surface area contributed by atoms with E-state index in [1.165, 1.54) is 7.05 Å². The van der Waals surface area contributed by atoms with Crippen LogP contribution in [0.4, 0.5) is 13.2 Å². The first-order chi connectivity index (χ1) is 6.20. The fourth-order valence-electron chi connectivity index (χ4n) is 0.463. The van der Waals surface area contributed by atoms with Crippen molar-refractivity contribution in [3.8, 4) is 0 Å². The van der Waals surface area contributed by atoms with Gasteiger partial charge in [0.15, 0.2) is 0 Å². The number of halogens is 3. The number of hydrogen-bond acceptors (Lipinski definition) is 4. The summed E-state index contributed by atoms with van der Waals surface area (Å²) in [5.74, 6) is -1.32. The molecule has 0 unspecified atom stereocenters. The summed E-state index contributed by atoms with van der Waals surface area (Å²) in [6.07, 6.45) is -0.397. The van der Waals surface area contributed by atoms with Crippen LogP contribution in [0.25, 0.3) is 0 Å². The Hall–Kier alpha value is -0.830. The number of rotatable bonds is 4. The van der Waals surface area contributed by atoms with E-state index in [9.17, 15) is 26.7 Å². The van der Waals surface area contributed by atoms with Gasteiger partial charge >= 0.3 is 15.5 Å². The Labute approximate surface area is 78.7 Å². The Morgan fingerprint density at radius 2 is 2.00 bits per heavy atom. The topological polar surface area (TPSA) is 81.6 Å². The van der Waals surface area contributed by atoms with Crippen LogP contribution in [0.15, 0.2) is 4.40 Å². The monoisotopic (exact) mass is 233 g/mol. The van der Waals surface area contributed by atoms with Crippen LogP contribution in [0.3, 0.4) is 0 Å². The van der Waals surface area contributed by atoms with Crippen LogP contribution in [0.5, 0.6) is 0 Å². The van der Waals surface area contributed by atoms with Crippen molar-refractivity contribution in [1.82, 2.24) is 5.32 Å². The van der Waals surface area contributed by atoms with Crippen molar-refractivity contribution in [2.75, 3.05) is 13.6 Å². The van der Waals surface area contributed by atoms with Gasteiger partial charge in [0.1, 0.15) is 0 Å². The maximum absolute atomic E-state index is 11.7. The minimum absolute atomic E-state index is 0.0652. The molecule has 14 heavy (non-hydrogen) atoms. The van der Waals surface area contributed by atoms with Crippen LogP contribution in [0, 0.1) is 0 Å². The van der Waals surface area contributed by atoms with Crippen molar-refractivity contribution in [2.45, 2.75) is 11.9 Å². The Balaban J connectivity index is 4.65. The summed E-state index contributed by atoms with van der Waals surface area (Å²) in [4.78, 5) is 0. The first-order valence-corrected chi connectivity index (χ1v) is 4.86. The van der Waals surface area contributed by atoms with Crippen LogP contribution in [0.1, 0.15) is 6.42 Å². The van der Waals surface area contributed by atoms with Crippen LogP contribution in [0.2, 0.25) is 0 Å². The van der Waals surface area contributed by atoms with E-state index >= 15 is 0 Å². The van der Waals surface area contributed by atoms with Crippen molar-refractivity contribution in [2.24, 2.45) is 4.40 Å². The van der Waals surface area contributed by atoms with Crippen molar-refractivity contribution < 1.29 is 26.7 Å². The molecule has 0 amide bonds. The van der Waals surface area contributed by atoms with Gasteiger partial charge in [-0.3, -0.25) is 0 Å². The Bertz CT molecular complexity index is 309. The SMILES string of the molecule is CNCC/C([O-])=N/S(=O)(=O)C(F)(F)F. The van der Waals surface area contributed by atoms with Crippen LogP contribution in [-0.4, -0.2) is 33.4 Å². The lowest BCUT2D eigenvalue weighted by molar-refractivity contribution is -0.218. The molecule has 84 valence electrons. The standard InChI is InChI=1S/C5H9F3N2O3S/c1-9-3-2-4(11)10-14(12,13)5(6,7)8/h9H,2-3H2,1H3,(H,10,11)/p-1. The van der Waals surface area contributed by atoms with Crippen molar-refractivity contribution >= 4 is 15.9 Å². The highest BCUT2D eigenvalue weighted by molar-refractivity contribution is 7.91. The zero-order valence-electron chi connectivity index (χ0n) is 7.13. The van der Waals surface area contributed by atoms with E-state index in [1.807, 2.05) is 0 Å². The highest BCUT2D eigenvalue weighted by Gasteiger charge is 2.45. The van der Waals surface area contributed by atoms with E-state index in [-0.39, 0.29) is 6.54 Å². The smallest absolute Gasteiger partial charge is 0.518 e. The molecule has 0 bridgehead atoms. The third-order valence-corrected chi connectivity index (χ3v) is 2.13. The first-order valence-electron chi connectivity index (χ1n) is 3.42. The second-order valence-electron chi connectivity index (χ2n) is 2.26. The molecule has 0 fully saturated rings. The predicted molar refractivity (Wildman–Crippen MR) is 41.0 cm³/mol. The largest absolute Gasteiger partial charge is 0.861 e. The molecule has 9 heteroatoms. The number of nitrogens with one attached hydrogen (secondary N) is 1. The van der Waals surface area contributed by atoms with E-state index in [0.717, 1.165) is 0 Å². The van der Waals surface area contributed by atoms with Crippen LogP contribution < -0.4 is 10.4 Å². The third kappa shape index (κ3) is 3.92. The summed E-state index contributed by atoms with van der Waals surface area (Å²) in [5.41, 5.74) is -5.51. The van der Waals surface area contributed by atoms with Gasteiger partial charge in [-0.05, 0) is 25.9 Å².